The van der Waals surface area contributed by atoms with Gasteiger partial charge >= 0.3 is 5.97 Å². The van der Waals surface area contributed by atoms with Crippen molar-refractivity contribution in [2.24, 2.45) is 0 Å². The van der Waals surface area contributed by atoms with E-state index in [0.29, 0.717) is 27.8 Å². The molecular formula is C16H14N6O6S4. The summed E-state index contributed by atoms with van der Waals surface area (Å²) in [7, 11) is 0. The Bertz CT molecular complexity index is 1090. The summed E-state index contributed by atoms with van der Waals surface area (Å²) in [6, 6.07) is -0.972. The van der Waals surface area contributed by atoms with Crippen LogP contribution in [0.1, 0.15) is 11.8 Å². The maximum atomic E-state index is 12.7. The number of amides is 3. The van der Waals surface area contributed by atoms with Crippen LogP contribution < -0.4 is 10.6 Å². The molecule has 32 heavy (non-hydrogen) atoms. The van der Waals surface area contributed by atoms with Crippen LogP contribution in [0.15, 0.2) is 26.5 Å². The molecule has 0 aliphatic carbocycles. The Morgan fingerprint density at radius 3 is 2.91 bits per heavy atom. The van der Waals surface area contributed by atoms with Crippen LogP contribution in [0, 0.1) is 0 Å². The Labute approximate surface area is 196 Å². The van der Waals surface area contributed by atoms with Gasteiger partial charge in [0.15, 0.2) is 15.6 Å². The first-order valence-electron chi connectivity index (χ1n) is 8.83. The number of aliphatic hydroxyl groups excluding tert-OH is 1. The first-order valence-corrected chi connectivity index (χ1v) is 12.6. The minimum Gasteiger partial charge on any atom is -0.477 e. The lowest BCUT2D eigenvalue weighted by atomic mass is 10.0. The number of carbonyl (C=O) groups excluding carboxylic acids is 3. The molecule has 0 saturated carbocycles. The number of carboxylic acids is 1. The molecule has 2 unspecified atom stereocenters. The number of thioether (sulfide) groups is 2. The number of anilines is 1. The molecule has 3 atom stereocenters. The second-order valence-electron chi connectivity index (χ2n) is 6.39. The van der Waals surface area contributed by atoms with Gasteiger partial charge in [-0.3, -0.25) is 19.3 Å². The van der Waals surface area contributed by atoms with Gasteiger partial charge in [-0.15, -0.1) is 33.3 Å². The zero-order valence-corrected chi connectivity index (χ0v) is 19.1. The van der Waals surface area contributed by atoms with E-state index in [1.165, 1.54) is 45.1 Å². The van der Waals surface area contributed by atoms with E-state index in [1.807, 2.05) is 0 Å². The summed E-state index contributed by atoms with van der Waals surface area (Å²) in [6.45, 7) is 0. The van der Waals surface area contributed by atoms with Crippen molar-refractivity contribution in [1.82, 2.24) is 25.4 Å². The van der Waals surface area contributed by atoms with Gasteiger partial charge in [0.05, 0.1) is 5.69 Å². The van der Waals surface area contributed by atoms with Crippen LogP contribution in [-0.4, -0.2) is 77.4 Å². The first-order chi connectivity index (χ1) is 15.4. The molecule has 4 heterocycles. The van der Waals surface area contributed by atoms with E-state index in [0.717, 1.165) is 11.3 Å². The number of thiazole rings is 1. The molecule has 2 aliphatic rings. The molecule has 4 rings (SSSR count). The predicted octanol–water partition coefficient (Wildman–Crippen LogP) is 0.127. The van der Waals surface area contributed by atoms with Crippen molar-refractivity contribution < 1.29 is 29.4 Å². The predicted molar refractivity (Wildman–Crippen MR) is 117 cm³/mol. The summed E-state index contributed by atoms with van der Waals surface area (Å²) >= 11 is 5.04. The van der Waals surface area contributed by atoms with Gasteiger partial charge in [0.25, 0.3) is 11.8 Å². The highest BCUT2D eigenvalue weighted by molar-refractivity contribution is 8.01. The number of β-lactam (4-membered cyclic amide) rings is 1. The third-order valence-corrected chi connectivity index (χ3v) is 8.57. The normalized spacial score (nSPS) is 20.9. The van der Waals surface area contributed by atoms with Crippen LogP contribution >= 0.6 is 46.2 Å². The molecule has 12 nitrogen and oxygen atoms in total. The van der Waals surface area contributed by atoms with Gasteiger partial charge < -0.3 is 20.8 Å². The van der Waals surface area contributed by atoms with Crippen molar-refractivity contribution in [3.05, 3.63) is 27.9 Å². The summed E-state index contributed by atoms with van der Waals surface area (Å²) in [5, 5.41) is 33.4. The maximum absolute atomic E-state index is 12.7. The van der Waals surface area contributed by atoms with Crippen LogP contribution in [0.4, 0.5) is 5.13 Å². The monoisotopic (exact) mass is 514 g/mol. The smallest absolute Gasteiger partial charge is 0.352 e. The van der Waals surface area contributed by atoms with Crippen molar-refractivity contribution >= 4 is 75.5 Å². The molecule has 0 radical (unpaired) electrons. The number of nitrogens with zero attached hydrogens (tertiary/aromatic N) is 4. The van der Waals surface area contributed by atoms with Gasteiger partial charge in [0.1, 0.15) is 22.6 Å². The van der Waals surface area contributed by atoms with E-state index in [2.05, 4.69) is 25.8 Å². The van der Waals surface area contributed by atoms with E-state index in [1.54, 1.807) is 5.51 Å². The van der Waals surface area contributed by atoms with Crippen molar-refractivity contribution in [2.75, 3.05) is 16.8 Å². The van der Waals surface area contributed by atoms with Crippen molar-refractivity contribution in [1.29, 1.82) is 0 Å². The van der Waals surface area contributed by atoms with Gasteiger partial charge in [0, 0.05) is 16.9 Å². The number of fused-ring (bicyclic) bond motifs is 1. The van der Waals surface area contributed by atoms with Gasteiger partial charge in [-0.05, 0) is 5.57 Å². The van der Waals surface area contributed by atoms with Crippen LogP contribution in [-0.2, 0) is 19.2 Å². The fraction of sp³-hybridized carbons (Fsp3) is 0.312. The summed E-state index contributed by atoms with van der Waals surface area (Å²) in [6.07, 6.45) is -1.22. The zero-order chi connectivity index (χ0) is 22.8. The highest BCUT2D eigenvalue weighted by Crippen LogP contribution is 2.41. The molecule has 2 aromatic heterocycles. The maximum Gasteiger partial charge on any atom is 0.352 e. The van der Waals surface area contributed by atoms with E-state index in [4.69, 9.17) is 0 Å². The largest absolute Gasteiger partial charge is 0.477 e. The minimum atomic E-state index is -1.64. The molecule has 168 valence electrons. The molecule has 1 fully saturated rings. The van der Waals surface area contributed by atoms with Gasteiger partial charge in [-0.25, -0.2) is 9.78 Å². The molecule has 4 N–H and O–H groups in total. The number of aromatic nitrogens is 3. The number of aliphatic carboxylic acids is 1. The lowest BCUT2D eigenvalue weighted by Crippen LogP contribution is -2.70. The van der Waals surface area contributed by atoms with Crippen molar-refractivity contribution in [3.63, 3.8) is 0 Å². The third-order valence-electron chi connectivity index (χ3n) is 4.49. The summed E-state index contributed by atoms with van der Waals surface area (Å²) < 4.78 is 0.692. The second kappa shape index (κ2) is 9.53. The molecule has 0 spiro atoms. The molecule has 3 amide bonds. The summed E-state index contributed by atoms with van der Waals surface area (Å²) in [5.74, 6) is -1.93. The first kappa shape index (κ1) is 22.7. The lowest BCUT2D eigenvalue weighted by Gasteiger charge is -2.49. The number of carbonyl (C=O) groups is 4. The Hall–Kier alpha value is -2.53. The SMILES string of the molecule is O=CNc1nc(C(O)C(=O)NC2C(=O)N3C(C(=O)O)=C(CSc4nncs4)CS[C@@H]23)cs1. The third kappa shape index (κ3) is 4.36. The minimum absolute atomic E-state index is 0.0267. The molecule has 1 saturated heterocycles. The lowest BCUT2D eigenvalue weighted by molar-refractivity contribution is -0.151. The Balaban J connectivity index is 1.43. The highest BCUT2D eigenvalue weighted by atomic mass is 32.2. The number of nitrogens with one attached hydrogen (secondary N) is 2. The van der Waals surface area contributed by atoms with E-state index in [-0.39, 0.29) is 16.5 Å². The summed E-state index contributed by atoms with van der Waals surface area (Å²) in [4.78, 5) is 52.6. The molecule has 0 aromatic carbocycles. The number of aliphatic hydroxyl groups is 1. The molecular weight excluding hydrogens is 500 g/mol. The molecule has 2 aromatic rings. The van der Waals surface area contributed by atoms with Crippen molar-refractivity contribution in [3.8, 4) is 0 Å². The van der Waals surface area contributed by atoms with Crippen molar-refractivity contribution in [2.45, 2.75) is 21.9 Å². The number of carboxylic acid groups (broad SMARTS) is 1. The van der Waals surface area contributed by atoms with Gasteiger partial charge in [0.2, 0.25) is 6.41 Å². The van der Waals surface area contributed by atoms with E-state index < -0.39 is 35.3 Å². The molecule has 2 aliphatic heterocycles. The van der Waals surface area contributed by atoms with Crippen LogP contribution in [0.2, 0.25) is 0 Å². The van der Waals surface area contributed by atoms with E-state index >= 15 is 0 Å². The fourth-order valence-electron chi connectivity index (χ4n) is 3.06. The van der Waals surface area contributed by atoms with Gasteiger partial charge in [-0.1, -0.05) is 23.1 Å². The van der Waals surface area contributed by atoms with Crippen LogP contribution in [0.25, 0.3) is 0 Å². The molecule has 0 bridgehead atoms. The average Bonchev–Trinajstić information content (AvgIpc) is 3.47. The quantitative estimate of drug-likeness (QED) is 0.203. The Kier molecular flexibility index (Phi) is 6.75. The number of hydrogen-bond acceptors (Lipinski definition) is 12. The molecule has 16 heteroatoms. The average molecular weight is 515 g/mol. The second-order valence-corrected chi connectivity index (χ2v) is 10.4. The van der Waals surface area contributed by atoms with E-state index in [9.17, 15) is 29.4 Å². The standard InChI is InChI=1S/C16H14N6O6S4/c23-4-17-15-19-7(3-30-15)10(24)11(25)20-8-12(26)22-9(14(27)28)6(1-29-13(8)22)2-31-16-21-18-5-32-16/h3-5,8,10,13,24H,1-2H2,(H,20,25)(H,27,28)(H,17,19,23)/t8?,10?,13-/m0/s1. The van der Waals surface area contributed by atoms with Crippen LogP contribution in [0.5, 0.6) is 0 Å². The fourth-order valence-corrected chi connectivity index (χ4v) is 6.73. The zero-order valence-electron chi connectivity index (χ0n) is 15.8. The number of hydrogen-bond donors (Lipinski definition) is 4. The Morgan fingerprint density at radius 1 is 1.41 bits per heavy atom. The Morgan fingerprint density at radius 2 is 2.22 bits per heavy atom. The summed E-state index contributed by atoms with van der Waals surface area (Å²) in [5.41, 5.74) is 2.09. The number of rotatable bonds is 9. The highest BCUT2D eigenvalue weighted by Gasteiger charge is 2.54. The topological polar surface area (TPSA) is 175 Å². The van der Waals surface area contributed by atoms with Crippen LogP contribution in [0.3, 0.4) is 0 Å². The van der Waals surface area contributed by atoms with Gasteiger partial charge in [-0.2, -0.15) is 0 Å².